The fourth-order valence-corrected chi connectivity index (χ4v) is 3.14. The van der Waals surface area contributed by atoms with Crippen molar-refractivity contribution >= 4 is 17.3 Å². The monoisotopic (exact) mass is 274 g/mol. The predicted octanol–water partition coefficient (Wildman–Crippen LogP) is 4.33. The Morgan fingerprint density at radius 1 is 1.35 bits per heavy atom. The third-order valence-electron chi connectivity index (χ3n) is 4.11. The summed E-state index contributed by atoms with van der Waals surface area (Å²) in [6.07, 6.45) is 5.09. The van der Waals surface area contributed by atoms with Crippen molar-refractivity contribution in [3.8, 4) is 0 Å². The molecule has 1 aromatic carbocycles. The van der Waals surface area contributed by atoms with Gasteiger partial charge >= 0.3 is 0 Å². The van der Waals surface area contributed by atoms with Gasteiger partial charge in [0, 0.05) is 24.3 Å². The Labute approximate surface area is 122 Å². The van der Waals surface area contributed by atoms with Gasteiger partial charge in [0.05, 0.1) is 0 Å². The largest absolute Gasteiger partial charge is 0.382 e. The molecule has 1 unspecified atom stereocenters. The van der Waals surface area contributed by atoms with Gasteiger partial charge in [-0.25, -0.2) is 0 Å². The number of carbonyl (C=O) groups excluding carboxylic acids is 1. The molecule has 1 aliphatic carbocycles. The highest BCUT2D eigenvalue weighted by Crippen LogP contribution is 2.36. The van der Waals surface area contributed by atoms with Crippen LogP contribution in [0.5, 0.6) is 0 Å². The SMILES string of the molecule is CC(=O)Nc1ccc(NC2CCCC(C)(C)C2)cc1C. The van der Waals surface area contributed by atoms with Crippen LogP contribution in [-0.2, 0) is 4.79 Å². The van der Waals surface area contributed by atoms with E-state index in [-0.39, 0.29) is 5.91 Å². The Morgan fingerprint density at radius 3 is 2.70 bits per heavy atom. The second kappa shape index (κ2) is 5.86. The summed E-state index contributed by atoms with van der Waals surface area (Å²) >= 11 is 0. The highest BCUT2D eigenvalue weighted by atomic mass is 16.1. The number of benzene rings is 1. The second-order valence-corrected chi connectivity index (χ2v) is 6.81. The molecule has 1 aromatic rings. The molecule has 0 spiro atoms. The summed E-state index contributed by atoms with van der Waals surface area (Å²) < 4.78 is 0. The molecule has 0 heterocycles. The van der Waals surface area contributed by atoms with Crippen LogP contribution < -0.4 is 10.6 Å². The van der Waals surface area contributed by atoms with Crippen molar-refractivity contribution in [2.75, 3.05) is 10.6 Å². The van der Waals surface area contributed by atoms with Gasteiger partial charge in [0.2, 0.25) is 5.91 Å². The summed E-state index contributed by atoms with van der Waals surface area (Å²) in [5.41, 5.74) is 3.59. The van der Waals surface area contributed by atoms with Crippen molar-refractivity contribution in [1.29, 1.82) is 0 Å². The minimum Gasteiger partial charge on any atom is -0.382 e. The first kappa shape index (κ1) is 14.9. The Balaban J connectivity index is 2.03. The van der Waals surface area contributed by atoms with Crippen molar-refractivity contribution in [2.24, 2.45) is 5.41 Å². The lowest BCUT2D eigenvalue weighted by Gasteiger charge is -2.36. The standard InChI is InChI=1S/C17H26N2O/c1-12-10-14(7-8-16(12)18-13(2)20)19-15-6-5-9-17(3,4)11-15/h7-8,10,15,19H,5-6,9,11H2,1-4H3,(H,18,20). The first-order valence-electron chi connectivity index (χ1n) is 7.50. The molecule has 20 heavy (non-hydrogen) atoms. The van der Waals surface area contributed by atoms with Crippen molar-refractivity contribution in [2.45, 2.75) is 59.4 Å². The lowest BCUT2D eigenvalue weighted by molar-refractivity contribution is -0.114. The maximum Gasteiger partial charge on any atom is 0.221 e. The van der Waals surface area contributed by atoms with Gasteiger partial charge in [-0.3, -0.25) is 4.79 Å². The number of carbonyl (C=O) groups is 1. The fourth-order valence-electron chi connectivity index (χ4n) is 3.14. The van der Waals surface area contributed by atoms with Crippen molar-refractivity contribution in [3.63, 3.8) is 0 Å². The van der Waals surface area contributed by atoms with E-state index in [2.05, 4.69) is 36.6 Å². The molecule has 1 fully saturated rings. The van der Waals surface area contributed by atoms with E-state index < -0.39 is 0 Å². The number of aryl methyl sites for hydroxylation is 1. The molecule has 0 aliphatic heterocycles. The van der Waals surface area contributed by atoms with Gasteiger partial charge in [-0.15, -0.1) is 0 Å². The van der Waals surface area contributed by atoms with Gasteiger partial charge in [-0.05, 0) is 55.4 Å². The molecule has 1 aliphatic rings. The number of hydrogen-bond acceptors (Lipinski definition) is 2. The van der Waals surface area contributed by atoms with E-state index in [0.717, 1.165) is 16.9 Å². The zero-order valence-corrected chi connectivity index (χ0v) is 13.0. The van der Waals surface area contributed by atoms with Crippen LogP contribution in [0.4, 0.5) is 11.4 Å². The molecule has 2 rings (SSSR count). The third kappa shape index (κ3) is 3.99. The lowest BCUT2D eigenvalue weighted by Crippen LogP contribution is -2.31. The van der Waals surface area contributed by atoms with Crippen LogP contribution in [0.2, 0.25) is 0 Å². The van der Waals surface area contributed by atoms with Gasteiger partial charge in [0.25, 0.3) is 0 Å². The van der Waals surface area contributed by atoms with Gasteiger partial charge in [-0.2, -0.15) is 0 Å². The van der Waals surface area contributed by atoms with E-state index in [1.807, 2.05) is 13.0 Å². The van der Waals surface area contributed by atoms with Crippen molar-refractivity contribution in [1.82, 2.24) is 0 Å². The van der Waals surface area contributed by atoms with Gasteiger partial charge < -0.3 is 10.6 Å². The zero-order valence-electron chi connectivity index (χ0n) is 13.0. The summed E-state index contributed by atoms with van der Waals surface area (Å²) in [5, 5.41) is 6.50. The van der Waals surface area contributed by atoms with E-state index in [9.17, 15) is 4.79 Å². The van der Waals surface area contributed by atoms with Gasteiger partial charge in [-0.1, -0.05) is 20.3 Å². The molecule has 0 radical (unpaired) electrons. The molecule has 1 atom stereocenters. The molecular weight excluding hydrogens is 248 g/mol. The van der Waals surface area contributed by atoms with Crippen molar-refractivity contribution in [3.05, 3.63) is 23.8 Å². The van der Waals surface area contributed by atoms with Crippen LogP contribution in [0.1, 0.15) is 52.0 Å². The summed E-state index contributed by atoms with van der Waals surface area (Å²) in [6, 6.07) is 6.71. The van der Waals surface area contributed by atoms with Crippen LogP contribution in [0.15, 0.2) is 18.2 Å². The molecular formula is C17H26N2O. The molecule has 3 heteroatoms. The molecule has 3 nitrogen and oxygen atoms in total. The summed E-state index contributed by atoms with van der Waals surface area (Å²) in [4.78, 5) is 11.1. The zero-order chi connectivity index (χ0) is 14.8. The lowest BCUT2D eigenvalue weighted by atomic mass is 9.75. The topological polar surface area (TPSA) is 41.1 Å². The van der Waals surface area contributed by atoms with E-state index in [4.69, 9.17) is 0 Å². The number of rotatable bonds is 3. The Morgan fingerprint density at radius 2 is 2.10 bits per heavy atom. The molecule has 2 N–H and O–H groups in total. The smallest absolute Gasteiger partial charge is 0.221 e. The summed E-state index contributed by atoms with van der Waals surface area (Å²) in [6.45, 7) is 8.27. The van der Waals surface area contributed by atoms with Crippen LogP contribution >= 0.6 is 0 Å². The Kier molecular flexibility index (Phi) is 4.36. The molecule has 0 aromatic heterocycles. The normalized spacial score (nSPS) is 21.3. The molecule has 0 bridgehead atoms. The molecule has 1 amide bonds. The highest BCUT2D eigenvalue weighted by Gasteiger charge is 2.27. The number of nitrogens with one attached hydrogen (secondary N) is 2. The minimum absolute atomic E-state index is 0.0251. The van der Waals surface area contributed by atoms with Gasteiger partial charge in [0.15, 0.2) is 0 Å². The third-order valence-corrected chi connectivity index (χ3v) is 4.11. The summed E-state index contributed by atoms with van der Waals surface area (Å²) in [7, 11) is 0. The van der Waals surface area contributed by atoms with Gasteiger partial charge in [0.1, 0.15) is 0 Å². The molecule has 0 saturated heterocycles. The number of amides is 1. The van der Waals surface area contributed by atoms with Crippen LogP contribution in [0, 0.1) is 12.3 Å². The van der Waals surface area contributed by atoms with Crippen LogP contribution in [-0.4, -0.2) is 11.9 Å². The maximum atomic E-state index is 11.1. The van der Waals surface area contributed by atoms with Crippen LogP contribution in [0.25, 0.3) is 0 Å². The Hall–Kier alpha value is -1.51. The number of anilines is 2. The fraction of sp³-hybridized carbons (Fsp3) is 0.588. The average molecular weight is 274 g/mol. The van der Waals surface area contributed by atoms with Crippen LogP contribution in [0.3, 0.4) is 0 Å². The van der Waals surface area contributed by atoms with E-state index in [1.165, 1.54) is 32.6 Å². The average Bonchev–Trinajstić information content (AvgIpc) is 2.31. The highest BCUT2D eigenvalue weighted by molar-refractivity contribution is 5.89. The molecule has 1 saturated carbocycles. The van der Waals surface area contributed by atoms with E-state index >= 15 is 0 Å². The maximum absolute atomic E-state index is 11.1. The first-order valence-corrected chi connectivity index (χ1v) is 7.50. The predicted molar refractivity (Wildman–Crippen MR) is 85.1 cm³/mol. The molecule has 110 valence electrons. The van der Waals surface area contributed by atoms with E-state index in [0.29, 0.717) is 11.5 Å². The van der Waals surface area contributed by atoms with E-state index in [1.54, 1.807) is 0 Å². The Bertz CT molecular complexity index is 494. The minimum atomic E-state index is -0.0251. The first-order chi connectivity index (χ1) is 9.35. The quantitative estimate of drug-likeness (QED) is 0.861. The van der Waals surface area contributed by atoms with Crippen molar-refractivity contribution < 1.29 is 4.79 Å². The second-order valence-electron chi connectivity index (χ2n) is 6.81. The summed E-state index contributed by atoms with van der Waals surface area (Å²) in [5.74, 6) is -0.0251. The number of hydrogen-bond donors (Lipinski definition) is 2.